The first kappa shape index (κ1) is 16.9. The van der Waals surface area contributed by atoms with Gasteiger partial charge in [-0.2, -0.15) is 12.7 Å². The molecule has 1 aromatic carbocycles. The lowest BCUT2D eigenvalue weighted by molar-refractivity contribution is 0.414. The van der Waals surface area contributed by atoms with Crippen LogP contribution in [0.25, 0.3) is 0 Å². The van der Waals surface area contributed by atoms with Gasteiger partial charge >= 0.3 is 0 Å². The quantitative estimate of drug-likeness (QED) is 0.689. The molecule has 1 aromatic rings. The van der Waals surface area contributed by atoms with Crippen molar-refractivity contribution in [1.29, 1.82) is 0 Å². The summed E-state index contributed by atoms with van der Waals surface area (Å²) in [7, 11) is -0.254. The van der Waals surface area contributed by atoms with Crippen LogP contribution < -0.4 is 15.2 Å². The molecule has 0 unspecified atom stereocenters. The van der Waals surface area contributed by atoms with Crippen molar-refractivity contribution >= 4 is 10.2 Å². The normalized spacial score (nSPS) is 11.8. The lowest BCUT2D eigenvalue weighted by Gasteiger charge is -2.17. The van der Waals surface area contributed by atoms with E-state index in [1.165, 1.54) is 4.31 Å². The second-order valence-electron chi connectivity index (χ2n) is 4.46. The molecule has 0 amide bonds. The van der Waals surface area contributed by atoms with Crippen LogP contribution in [0.4, 0.5) is 0 Å². The predicted octanol–water partition coefficient (Wildman–Crippen LogP) is 0.353. The van der Waals surface area contributed by atoms with E-state index in [1.54, 1.807) is 14.2 Å². The summed E-state index contributed by atoms with van der Waals surface area (Å²) in [5.41, 5.74) is 6.42. The minimum absolute atomic E-state index is 0.363. The summed E-state index contributed by atoms with van der Waals surface area (Å²) in [6, 6.07) is 7.56. The Bertz CT molecular complexity index is 488. The van der Waals surface area contributed by atoms with Crippen LogP contribution in [0.3, 0.4) is 0 Å². The highest BCUT2D eigenvalue weighted by atomic mass is 32.2. The van der Waals surface area contributed by atoms with Gasteiger partial charge in [0.25, 0.3) is 10.2 Å². The number of hydrogen-bond acceptors (Lipinski definition) is 4. The van der Waals surface area contributed by atoms with Gasteiger partial charge in [-0.3, -0.25) is 0 Å². The van der Waals surface area contributed by atoms with Crippen LogP contribution in [0.5, 0.6) is 5.75 Å². The van der Waals surface area contributed by atoms with Gasteiger partial charge in [0.15, 0.2) is 0 Å². The monoisotopic (exact) mass is 301 g/mol. The van der Waals surface area contributed by atoms with Crippen molar-refractivity contribution in [2.45, 2.75) is 12.8 Å². The van der Waals surface area contributed by atoms with Gasteiger partial charge in [0, 0.05) is 20.1 Å². The number of nitrogens with zero attached hydrogens (tertiary/aromatic N) is 1. The lowest BCUT2D eigenvalue weighted by atomic mass is 10.1. The molecule has 1 rings (SSSR count). The van der Waals surface area contributed by atoms with E-state index in [-0.39, 0.29) is 0 Å². The van der Waals surface area contributed by atoms with E-state index in [0.717, 1.165) is 11.3 Å². The molecule has 0 radical (unpaired) electrons. The van der Waals surface area contributed by atoms with Gasteiger partial charge in [0.1, 0.15) is 5.75 Å². The molecule has 0 aliphatic carbocycles. The van der Waals surface area contributed by atoms with Crippen molar-refractivity contribution in [1.82, 2.24) is 9.03 Å². The number of benzene rings is 1. The fourth-order valence-electron chi connectivity index (χ4n) is 1.66. The molecule has 0 bridgehead atoms. The first-order chi connectivity index (χ1) is 9.49. The number of nitrogens with one attached hydrogen (secondary N) is 1. The first-order valence-corrected chi connectivity index (χ1v) is 7.97. The van der Waals surface area contributed by atoms with Gasteiger partial charge in [-0.15, -0.1) is 0 Å². The molecule has 0 saturated carbocycles. The van der Waals surface area contributed by atoms with Crippen molar-refractivity contribution in [3.8, 4) is 5.75 Å². The van der Waals surface area contributed by atoms with Gasteiger partial charge < -0.3 is 10.5 Å². The van der Waals surface area contributed by atoms with Crippen LogP contribution in [-0.4, -0.2) is 46.5 Å². The summed E-state index contributed by atoms with van der Waals surface area (Å²) in [5.74, 6) is 0.788. The summed E-state index contributed by atoms with van der Waals surface area (Å²) >= 11 is 0. The smallest absolute Gasteiger partial charge is 0.279 e. The molecule has 7 heteroatoms. The lowest BCUT2D eigenvalue weighted by Crippen LogP contribution is -2.40. The fourth-order valence-corrected chi connectivity index (χ4v) is 2.61. The summed E-state index contributed by atoms with van der Waals surface area (Å²) in [5, 5.41) is 0. The number of methoxy groups -OCH3 is 1. The van der Waals surface area contributed by atoms with Gasteiger partial charge in [0.05, 0.1) is 7.11 Å². The summed E-state index contributed by atoms with van der Waals surface area (Å²) in [6.45, 7) is 1.27. The zero-order valence-corrected chi connectivity index (χ0v) is 12.8. The maximum absolute atomic E-state index is 11.9. The topological polar surface area (TPSA) is 84.7 Å². The third-order valence-electron chi connectivity index (χ3n) is 2.94. The predicted molar refractivity (Wildman–Crippen MR) is 79.9 cm³/mol. The number of nitrogens with two attached hydrogens (primary N) is 1. The molecule has 0 aliphatic heterocycles. The molecule has 0 saturated heterocycles. The Morgan fingerprint density at radius 2 is 1.95 bits per heavy atom. The van der Waals surface area contributed by atoms with E-state index >= 15 is 0 Å². The SMILES string of the molecule is COc1ccc(CCNS(=O)(=O)N(C)CCCN)cc1. The molecule has 0 fully saturated rings. The third-order valence-corrected chi connectivity index (χ3v) is 4.52. The van der Waals surface area contributed by atoms with Crippen LogP contribution in [0, 0.1) is 0 Å². The Labute approximate surface area is 121 Å². The van der Waals surface area contributed by atoms with E-state index in [1.807, 2.05) is 24.3 Å². The molecule has 3 N–H and O–H groups in total. The number of hydrogen-bond donors (Lipinski definition) is 2. The van der Waals surface area contributed by atoms with Crippen LogP contribution >= 0.6 is 0 Å². The highest BCUT2D eigenvalue weighted by molar-refractivity contribution is 7.87. The zero-order valence-electron chi connectivity index (χ0n) is 12.0. The molecule has 0 heterocycles. The molecule has 0 aromatic heterocycles. The second kappa shape index (κ2) is 8.21. The molecule has 0 aliphatic rings. The van der Waals surface area contributed by atoms with E-state index in [2.05, 4.69) is 4.72 Å². The maximum atomic E-state index is 11.9. The Balaban J connectivity index is 2.42. The van der Waals surface area contributed by atoms with Crippen LogP contribution in [0.2, 0.25) is 0 Å². The van der Waals surface area contributed by atoms with Gasteiger partial charge in [0.2, 0.25) is 0 Å². The second-order valence-corrected chi connectivity index (χ2v) is 6.32. The summed E-state index contributed by atoms with van der Waals surface area (Å²) in [6.07, 6.45) is 1.28. The molecule has 0 spiro atoms. The minimum atomic E-state index is -3.41. The van der Waals surface area contributed by atoms with Crippen molar-refractivity contribution in [3.63, 3.8) is 0 Å². The first-order valence-electron chi connectivity index (χ1n) is 6.53. The fraction of sp³-hybridized carbons (Fsp3) is 0.538. The van der Waals surface area contributed by atoms with Gasteiger partial charge in [-0.1, -0.05) is 12.1 Å². The van der Waals surface area contributed by atoms with Crippen LogP contribution in [0.15, 0.2) is 24.3 Å². The average molecular weight is 301 g/mol. The largest absolute Gasteiger partial charge is 0.497 e. The molecule has 0 atom stereocenters. The number of ether oxygens (including phenoxy) is 1. The van der Waals surface area contributed by atoms with Gasteiger partial charge in [-0.25, -0.2) is 4.72 Å². The molecular weight excluding hydrogens is 278 g/mol. The van der Waals surface area contributed by atoms with Crippen molar-refractivity contribution in [2.75, 3.05) is 33.8 Å². The summed E-state index contributed by atoms with van der Waals surface area (Å²) in [4.78, 5) is 0. The minimum Gasteiger partial charge on any atom is -0.497 e. The van der Waals surface area contributed by atoms with Crippen LogP contribution in [-0.2, 0) is 16.6 Å². The van der Waals surface area contributed by atoms with E-state index in [4.69, 9.17) is 10.5 Å². The van der Waals surface area contributed by atoms with Crippen molar-refractivity contribution < 1.29 is 13.2 Å². The summed E-state index contributed by atoms with van der Waals surface area (Å²) < 4.78 is 32.7. The third kappa shape index (κ3) is 5.46. The Kier molecular flexibility index (Phi) is 6.94. The standard InChI is InChI=1S/C13H23N3O3S/c1-16(11-3-9-14)20(17,18)15-10-8-12-4-6-13(19-2)7-5-12/h4-7,15H,3,8-11,14H2,1-2H3. The maximum Gasteiger partial charge on any atom is 0.279 e. The average Bonchev–Trinajstić information content (AvgIpc) is 2.45. The van der Waals surface area contributed by atoms with E-state index in [9.17, 15) is 8.42 Å². The Hall–Kier alpha value is -1.15. The van der Waals surface area contributed by atoms with E-state index < -0.39 is 10.2 Å². The number of rotatable bonds is 9. The van der Waals surface area contributed by atoms with Crippen LogP contribution in [0.1, 0.15) is 12.0 Å². The molecule has 6 nitrogen and oxygen atoms in total. The molecule has 20 heavy (non-hydrogen) atoms. The highest BCUT2D eigenvalue weighted by Crippen LogP contribution is 2.11. The van der Waals surface area contributed by atoms with Gasteiger partial charge in [-0.05, 0) is 37.1 Å². The zero-order chi connectivity index (χ0) is 15.0. The molecular formula is C13H23N3O3S. The Morgan fingerprint density at radius 3 is 2.50 bits per heavy atom. The van der Waals surface area contributed by atoms with E-state index in [0.29, 0.717) is 32.5 Å². The molecule has 114 valence electrons. The highest BCUT2D eigenvalue weighted by Gasteiger charge is 2.15. The van der Waals surface area contributed by atoms with Crippen molar-refractivity contribution in [2.24, 2.45) is 5.73 Å². The van der Waals surface area contributed by atoms with Crippen molar-refractivity contribution in [3.05, 3.63) is 29.8 Å². The Morgan fingerprint density at radius 1 is 1.30 bits per heavy atom.